The number of sulfonamides is 1. The summed E-state index contributed by atoms with van der Waals surface area (Å²) in [5.41, 5.74) is 2.57. The smallest absolute Gasteiger partial charge is 0.269 e. The lowest BCUT2D eigenvalue weighted by Crippen LogP contribution is -2.28. The summed E-state index contributed by atoms with van der Waals surface area (Å²) in [5, 5.41) is 10.2. The van der Waals surface area contributed by atoms with Crippen molar-refractivity contribution in [3.63, 3.8) is 0 Å². The lowest BCUT2D eigenvalue weighted by atomic mass is 10.1. The lowest BCUT2D eigenvalue weighted by molar-refractivity contribution is 0.102. The normalized spacial score (nSPS) is 11.3. The molecule has 0 saturated carbocycles. The van der Waals surface area contributed by atoms with Crippen LogP contribution in [0.2, 0.25) is 0 Å². The number of benzene rings is 2. The highest BCUT2D eigenvalue weighted by atomic mass is 32.2. The standard InChI is InChI=1S/C20H23N5O3S2/c1-15-9-11-16(12-10-15)18(26)22-19-23-24-20(29-19)30(27,28)21-13-6-14-25(2)17-7-4-3-5-8-17/h3-5,7-12,21H,6,13-14H2,1-2H3,(H,22,23,26). The van der Waals surface area contributed by atoms with E-state index < -0.39 is 10.0 Å². The van der Waals surface area contributed by atoms with Crippen LogP contribution in [-0.4, -0.2) is 44.7 Å². The molecule has 0 aliphatic rings. The maximum atomic E-state index is 12.4. The van der Waals surface area contributed by atoms with Crippen LogP contribution in [0.1, 0.15) is 22.3 Å². The number of nitrogens with one attached hydrogen (secondary N) is 2. The molecule has 158 valence electrons. The minimum Gasteiger partial charge on any atom is -0.375 e. The summed E-state index contributed by atoms with van der Waals surface area (Å²) in [4.78, 5) is 14.3. The molecule has 8 nitrogen and oxygen atoms in total. The van der Waals surface area contributed by atoms with E-state index in [4.69, 9.17) is 0 Å². The monoisotopic (exact) mass is 445 g/mol. The van der Waals surface area contributed by atoms with Gasteiger partial charge in [-0.05, 0) is 37.6 Å². The zero-order valence-corrected chi connectivity index (χ0v) is 18.3. The third kappa shape index (κ3) is 5.85. The van der Waals surface area contributed by atoms with Crippen molar-refractivity contribution in [3.8, 4) is 0 Å². The molecule has 3 rings (SSSR count). The quantitative estimate of drug-likeness (QED) is 0.388. The highest BCUT2D eigenvalue weighted by molar-refractivity contribution is 7.91. The first-order chi connectivity index (χ1) is 14.3. The summed E-state index contributed by atoms with van der Waals surface area (Å²) < 4.78 is 27.2. The highest BCUT2D eigenvalue weighted by Gasteiger charge is 2.20. The van der Waals surface area contributed by atoms with E-state index in [-0.39, 0.29) is 21.9 Å². The Morgan fingerprint density at radius 3 is 2.47 bits per heavy atom. The summed E-state index contributed by atoms with van der Waals surface area (Å²) >= 11 is 0.812. The van der Waals surface area contributed by atoms with Crippen molar-refractivity contribution in [2.75, 3.05) is 30.4 Å². The minimum atomic E-state index is -3.78. The molecule has 0 spiro atoms. The minimum absolute atomic E-state index is 0.129. The number of carbonyl (C=O) groups is 1. The molecule has 1 amide bonds. The largest absolute Gasteiger partial charge is 0.375 e. The van der Waals surface area contributed by atoms with E-state index >= 15 is 0 Å². The van der Waals surface area contributed by atoms with Gasteiger partial charge in [0.15, 0.2) is 0 Å². The molecule has 3 aromatic rings. The van der Waals surface area contributed by atoms with Gasteiger partial charge in [0.1, 0.15) is 0 Å². The van der Waals surface area contributed by atoms with E-state index in [0.717, 1.165) is 22.6 Å². The maximum absolute atomic E-state index is 12.4. The molecule has 1 heterocycles. The zero-order chi connectivity index (χ0) is 21.6. The molecule has 0 fully saturated rings. The van der Waals surface area contributed by atoms with Gasteiger partial charge in [-0.3, -0.25) is 10.1 Å². The molecule has 0 unspecified atom stereocenters. The van der Waals surface area contributed by atoms with E-state index in [0.29, 0.717) is 18.5 Å². The fourth-order valence-corrected chi connectivity index (χ4v) is 4.65. The van der Waals surface area contributed by atoms with Crippen molar-refractivity contribution in [2.45, 2.75) is 17.7 Å². The fraction of sp³-hybridized carbons (Fsp3) is 0.250. The molecule has 0 saturated heterocycles. The van der Waals surface area contributed by atoms with E-state index in [1.165, 1.54) is 0 Å². The summed E-state index contributed by atoms with van der Waals surface area (Å²) in [6.07, 6.45) is 0.625. The Labute approximate surface area is 180 Å². The van der Waals surface area contributed by atoms with Gasteiger partial charge in [-0.25, -0.2) is 13.1 Å². The van der Waals surface area contributed by atoms with Crippen LogP contribution in [0.15, 0.2) is 58.9 Å². The van der Waals surface area contributed by atoms with Crippen LogP contribution < -0.4 is 14.9 Å². The van der Waals surface area contributed by atoms with Crippen molar-refractivity contribution >= 4 is 38.1 Å². The number of aromatic nitrogens is 2. The molecular formula is C20H23N5O3S2. The molecule has 0 atom stereocenters. The predicted molar refractivity (Wildman–Crippen MR) is 119 cm³/mol. The molecule has 1 aromatic heterocycles. The molecule has 0 radical (unpaired) electrons. The maximum Gasteiger partial charge on any atom is 0.269 e. The van der Waals surface area contributed by atoms with E-state index in [1.54, 1.807) is 12.1 Å². The van der Waals surface area contributed by atoms with E-state index in [9.17, 15) is 13.2 Å². The van der Waals surface area contributed by atoms with Crippen molar-refractivity contribution in [2.24, 2.45) is 0 Å². The number of aryl methyl sites for hydroxylation is 1. The molecule has 0 aliphatic heterocycles. The van der Waals surface area contributed by atoms with Crippen LogP contribution in [0.4, 0.5) is 10.8 Å². The van der Waals surface area contributed by atoms with Crippen LogP contribution >= 0.6 is 11.3 Å². The Morgan fingerprint density at radius 1 is 1.07 bits per heavy atom. The van der Waals surface area contributed by atoms with E-state index in [1.807, 2.05) is 56.4 Å². The Balaban J connectivity index is 1.51. The highest BCUT2D eigenvalue weighted by Crippen LogP contribution is 2.20. The fourth-order valence-electron chi connectivity index (χ4n) is 2.64. The van der Waals surface area contributed by atoms with Gasteiger partial charge in [-0.2, -0.15) is 0 Å². The first-order valence-corrected chi connectivity index (χ1v) is 11.6. The third-order valence-electron chi connectivity index (χ3n) is 4.33. The summed E-state index contributed by atoms with van der Waals surface area (Å²) in [7, 11) is -1.83. The second-order valence-electron chi connectivity index (χ2n) is 6.70. The van der Waals surface area contributed by atoms with Crippen molar-refractivity contribution in [3.05, 3.63) is 65.7 Å². The average molecular weight is 446 g/mol. The molecule has 30 heavy (non-hydrogen) atoms. The number of anilines is 2. The van der Waals surface area contributed by atoms with Crippen LogP contribution in [-0.2, 0) is 10.0 Å². The summed E-state index contributed by atoms with van der Waals surface area (Å²) in [5.74, 6) is -0.369. The van der Waals surface area contributed by atoms with Gasteiger partial charge in [0.05, 0.1) is 0 Å². The first-order valence-electron chi connectivity index (χ1n) is 9.32. The van der Waals surface area contributed by atoms with Gasteiger partial charge in [0.25, 0.3) is 15.9 Å². The van der Waals surface area contributed by atoms with Gasteiger partial charge >= 0.3 is 0 Å². The zero-order valence-electron chi connectivity index (χ0n) is 16.7. The van der Waals surface area contributed by atoms with Gasteiger partial charge in [-0.1, -0.05) is 47.2 Å². The van der Waals surface area contributed by atoms with E-state index in [2.05, 4.69) is 25.1 Å². The Morgan fingerprint density at radius 2 is 1.77 bits per heavy atom. The number of para-hydroxylation sites is 1. The average Bonchev–Trinajstić information content (AvgIpc) is 3.21. The molecule has 2 N–H and O–H groups in total. The van der Waals surface area contributed by atoms with Crippen LogP contribution in [0.5, 0.6) is 0 Å². The van der Waals surface area contributed by atoms with Gasteiger partial charge in [0, 0.05) is 31.4 Å². The predicted octanol–water partition coefficient (Wildman–Crippen LogP) is 2.90. The van der Waals surface area contributed by atoms with Gasteiger partial charge in [0.2, 0.25) is 9.47 Å². The Kier molecular flexibility index (Phi) is 7.14. The number of nitrogens with zero attached hydrogens (tertiary/aromatic N) is 3. The molecule has 2 aromatic carbocycles. The molecule has 0 aliphatic carbocycles. The second-order valence-corrected chi connectivity index (χ2v) is 9.62. The topological polar surface area (TPSA) is 104 Å². The van der Waals surface area contributed by atoms with Crippen LogP contribution in [0, 0.1) is 6.92 Å². The van der Waals surface area contributed by atoms with Crippen molar-refractivity contribution < 1.29 is 13.2 Å². The Bertz CT molecular complexity index is 1080. The summed E-state index contributed by atoms with van der Waals surface area (Å²) in [6, 6.07) is 16.9. The molecule has 10 heteroatoms. The SMILES string of the molecule is Cc1ccc(C(=O)Nc2nnc(S(=O)(=O)NCCCN(C)c3ccccc3)s2)cc1. The number of hydrogen-bond acceptors (Lipinski definition) is 7. The molecular weight excluding hydrogens is 422 g/mol. The lowest BCUT2D eigenvalue weighted by Gasteiger charge is -2.18. The third-order valence-corrected chi connectivity index (χ3v) is 7.00. The Hall–Kier alpha value is -2.82. The van der Waals surface area contributed by atoms with Crippen LogP contribution in [0.25, 0.3) is 0 Å². The first kappa shape index (κ1) is 21.9. The second kappa shape index (κ2) is 9.79. The van der Waals surface area contributed by atoms with Crippen LogP contribution in [0.3, 0.4) is 0 Å². The summed E-state index contributed by atoms with van der Waals surface area (Å²) in [6.45, 7) is 2.89. The molecule has 0 bridgehead atoms. The number of hydrogen-bond donors (Lipinski definition) is 2. The van der Waals surface area contributed by atoms with Gasteiger partial charge in [-0.15, -0.1) is 10.2 Å². The van der Waals surface area contributed by atoms with Gasteiger partial charge < -0.3 is 4.90 Å². The number of carbonyl (C=O) groups excluding carboxylic acids is 1. The number of rotatable bonds is 9. The van der Waals surface area contributed by atoms with Crippen molar-refractivity contribution in [1.82, 2.24) is 14.9 Å². The van der Waals surface area contributed by atoms with Crippen molar-refractivity contribution in [1.29, 1.82) is 0 Å². The number of amides is 1.